The number of aromatic amines is 1. The fraction of sp³-hybridized carbons (Fsp3) is 0.158. The molecule has 3 rings (SSSR count). The van der Waals surface area contributed by atoms with E-state index in [1.54, 1.807) is 11.6 Å². The van der Waals surface area contributed by atoms with Gasteiger partial charge in [0.05, 0.1) is 17.6 Å². The van der Waals surface area contributed by atoms with Crippen molar-refractivity contribution in [2.45, 2.75) is 12.8 Å². The van der Waals surface area contributed by atoms with Crippen LogP contribution in [0.15, 0.2) is 54.6 Å². The second-order valence-electron chi connectivity index (χ2n) is 5.53. The van der Waals surface area contributed by atoms with Crippen molar-refractivity contribution in [2.24, 2.45) is 0 Å². The molecule has 0 atom stereocenters. The third-order valence-electron chi connectivity index (χ3n) is 3.68. The van der Waals surface area contributed by atoms with Gasteiger partial charge in [-0.25, -0.2) is 10.5 Å². The van der Waals surface area contributed by atoms with Crippen LogP contribution in [0.2, 0.25) is 0 Å². The Morgan fingerprint density at radius 2 is 2.00 bits per heavy atom. The van der Waals surface area contributed by atoms with Gasteiger partial charge >= 0.3 is 0 Å². The zero-order valence-corrected chi connectivity index (χ0v) is 13.6. The van der Waals surface area contributed by atoms with Gasteiger partial charge in [0.1, 0.15) is 11.6 Å². The molecular formula is C19H19N3O3. The highest BCUT2D eigenvalue weighted by Crippen LogP contribution is 2.15. The number of H-pyrrole nitrogens is 1. The zero-order chi connectivity index (χ0) is 17.5. The number of aryl methyl sites for hydroxylation is 1. The Hall–Kier alpha value is -3.12. The van der Waals surface area contributed by atoms with Crippen LogP contribution in [0.3, 0.4) is 0 Å². The van der Waals surface area contributed by atoms with E-state index < -0.39 is 5.91 Å². The average molecular weight is 337 g/mol. The highest BCUT2D eigenvalue weighted by atomic mass is 16.5. The van der Waals surface area contributed by atoms with Gasteiger partial charge in [0.2, 0.25) is 0 Å². The third-order valence-corrected chi connectivity index (χ3v) is 3.68. The molecule has 0 fully saturated rings. The van der Waals surface area contributed by atoms with Crippen molar-refractivity contribution in [2.75, 3.05) is 6.61 Å². The Labute approximate surface area is 145 Å². The van der Waals surface area contributed by atoms with Gasteiger partial charge in [-0.05, 0) is 42.3 Å². The van der Waals surface area contributed by atoms with Gasteiger partial charge in [0, 0.05) is 12.5 Å². The molecule has 0 radical (unpaired) electrons. The van der Waals surface area contributed by atoms with Gasteiger partial charge in [-0.1, -0.05) is 24.3 Å². The van der Waals surface area contributed by atoms with Gasteiger partial charge in [-0.2, -0.15) is 0 Å². The molecule has 6 heteroatoms. The van der Waals surface area contributed by atoms with Crippen LogP contribution < -0.4 is 10.2 Å². The minimum Gasteiger partial charge on any atom is -0.494 e. The molecule has 3 aromatic rings. The number of carbonyl (C=O) groups is 1. The number of aromatic nitrogens is 2. The second-order valence-corrected chi connectivity index (χ2v) is 5.53. The van der Waals surface area contributed by atoms with Gasteiger partial charge in [0.15, 0.2) is 0 Å². The van der Waals surface area contributed by atoms with E-state index in [0.717, 1.165) is 41.0 Å². The topological polar surface area (TPSA) is 87.2 Å². The van der Waals surface area contributed by atoms with Crippen LogP contribution in [-0.4, -0.2) is 27.7 Å². The third kappa shape index (κ3) is 4.68. The monoisotopic (exact) mass is 337 g/mol. The predicted octanol–water partition coefficient (Wildman–Crippen LogP) is 3.09. The summed E-state index contributed by atoms with van der Waals surface area (Å²) in [6.07, 6.45) is 4.55. The largest absolute Gasteiger partial charge is 0.494 e. The van der Waals surface area contributed by atoms with Crippen molar-refractivity contribution in [3.05, 3.63) is 66.0 Å². The lowest BCUT2D eigenvalue weighted by atomic mass is 10.2. The number of fused-ring (bicyclic) bond motifs is 1. The number of rotatable bonds is 7. The molecule has 0 spiro atoms. The molecule has 0 aliphatic heterocycles. The predicted molar refractivity (Wildman–Crippen MR) is 95.3 cm³/mol. The number of hydrogen-bond acceptors (Lipinski definition) is 4. The Morgan fingerprint density at radius 3 is 2.76 bits per heavy atom. The number of ether oxygens (including phenoxy) is 1. The van der Waals surface area contributed by atoms with Gasteiger partial charge in [-0.3, -0.25) is 10.0 Å². The van der Waals surface area contributed by atoms with Crippen LogP contribution in [-0.2, 0) is 11.2 Å². The zero-order valence-electron chi connectivity index (χ0n) is 13.6. The second kappa shape index (κ2) is 8.12. The summed E-state index contributed by atoms with van der Waals surface area (Å²) in [5.41, 5.74) is 4.43. The van der Waals surface area contributed by atoms with Crippen molar-refractivity contribution in [3.8, 4) is 5.75 Å². The summed E-state index contributed by atoms with van der Waals surface area (Å²) < 4.78 is 5.72. The molecule has 1 aromatic heterocycles. The Balaban J connectivity index is 1.45. The fourth-order valence-corrected chi connectivity index (χ4v) is 2.44. The first kappa shape index (κ1) is 16.7. The highest BCUT2D eigenvalue weighted by molar-refractivity contribution is 5.90. The van der Waals surface area contributed by atoms with E-state index in [9.17, 15) is 4.79 Å². The van der Waals surface area contributed by atoms with Crippen LogP contribution in [0.1, 0.15) is 17.8 Å². The molecule has 0 bridgehead atoms. The van der Waals surface area contributed by atoms with E-state index in [1.807, 2.05) is 48.5 Å². The van der Waals surface area contributed by atoms with Gasteiger partial charge < -0.3 is 9.72 Å². The maximum absolute atomic E-state index is 10.9. The van der Waals surface area contributed by atoms with Crippen LogP contribution >= 0.6 is 0 Å². The summed E-state index contributed by atoms with van der Waals surface area (Å²) in [6, 6.07) is 15.4. The smallest absolute Gasteiger partial charge is 0.267 e. The van der Waals surface area contributed by atoms with Crippen molar-refractivity contribution < 1.29 is 14.7 Å². The molecule has 0 saturated carbocycles. The number of hydrogen-bond donors (Lipinski definition) is 3. The summed E-state index contributed by atoms with van der Waals surface area (Å²) in [5, 5.41) is 8.42. The maximum atomic E-state index is 10.9. The van der Waals surface area contributed by atoms with E-state index in [1.165, 1.54) is 6.08 Å². The lowest BCUT2D eigenvalue weighted by Gasteiger charge is -2.05. The van der Waals surface area contributed by atoms with E-state index >= 15 is 0 Å². The number of imidazole rings is 1. The van der Waals surface area contributed by atoms with Crippen molar-refractivity contribution >= 4 is 23.0 Å². The minimum absolute atomic E-state index is 0.564. The first-order valence-corrected chi connectivity index (χ1v) is 8.03. The van der Waals surface area contributed by atoms with Crippen molar-refractivity contribution in [1.29, 1.82) is 0 Å². The summed E-state index contributed by atoms with van der Waals surface area (Å²) in [7, 11) is 0. The molecule has 25 heavy (non-hydrogen) atoms. The SMILES string of the molecule is O=C(/C=C/c1ccc(OCCCc2nc3ccccc3[nH]2)cc1)NO. The number of amides is 1. The molecule has 0 aliphatic carbocycles. The number of hydroxylamine groups is 1. The molecule has 3 N–H and O–H groups in total. The quantitative estimate of drug-likeness (QED) is 0.268. The maximum Gasteiger partial charge on any atom is 0.267 e. The number of para-hydroxylation sites is 2. The highest BCUT2D eigenvalue weighted by Gasteiger charge is 2.02. The molecule has 2 aromatic carbocycles. The Kier molecular flexibility index (Phi) is 5.43. The Bertz CT molecular complexity index is 836. The van der Waals surface area contributed by atoms with E-state index in [4.69, 9.17) is 9.94 Å². The van der Waals surface area contributed by atoms with Crippen LogP contribution in [0, 0.1) is 0 Å². The number of carbonyl (C=O) groups excluding carboxylic acids is 1. The molecule has 1 amide bonds. The summed E-state index contributed by atoms with van der Waals surface area (Å²) >= 11 is 0. The lowest BCUT2D eigenvalue weighted by molar-refractivity contribution is -0.124. The first-order valence-electron chi connectivity index (χ1n) is 8.03. The van der Waals surface area contributed by atoms with Crippen LogP contribution in [0.25, 0.3) is 17.1 Å². The van der Waals surface area contributed by atoms with Crippen molar-refractivity contribution in [3.63, 3.8) is 0 Å². The van der Waals surface area contributed by atoms with E-state index in [0.29, 0.717) is 6.61 Å². The average Bonchev–Trinajstić information content (AvgIpc) is 3.07. The van der Waals surface area contributed by atoms with E-state index in [-0.39, 0.29) is 0 Å². The van der Waals surface area contributed by atoms with Crippen LogP contribution in [0.5, 0.6) is 5.75 Å². The number of nitrogens with zero attached hydrogens (tertiary/aromatic N) is 1. The molecule has 6 nitrogen and oxygen atoms in total. The first-order chi connectivity index (χ1) is 12.2. The lowest BCUT2D eigenvalue weighted by Crippen LogP contribution is -2.14. The molecule has 0 aliphatic rings. The van der Waals surface area contributed by atoms with Gasteiger partial charge in [-0.15, -0.1) is 0 Å². The standard InChI is InChI=1S/C19H19N3O3/c23-19(22-24)12-9-14-7-10-15(11-8-14)25-13-3-6-18-20-16-4-1-2-5-17(16)21-18/h1-2,4-5,7-12,24H,3,6,13H2,(H,20,21)(H,22,23)/b12-9+. The number of benzene rings is 2. The molecule has 1 heterocycles. The minimum atomic E-state index is -0.564. The molecule has 0 unspecified atom stereocenters. The molecule has 0 saturated heterocycles. The molecular weight excluding hydrogens is 318 g/mol. The molecule has 128 valence electrons. The summed E-state index contributed by atoms with van der Waals surface area (Å²) in [5.74, 6) is 1.17. The number of nitrogens with one attached hydrogen (secondary N) is 2. The van der Waals surface area contributed by atoms with Gasteiger partial charge in [0.25, 0.3) is 5.91 Å². The van der Waals surface area contributed by atoms with E-state index in [2.05, 4.69) is 9.97 Å². The fourth-order valence-electron chi connectivity index (χ4n) is 2.44. The summed E-state index contributed by atoms with van der Waals surface area (Å²) in [4.78, 5) is 18.8. The van der Waals surface area contributed by atoms with Crippen molar-refractivity contribution in [1.82, 2.24) is 15.4 Å². The normalized spacial score (nSPS) is 11.1. The van der Waals surface area contributed by atoms with Crippen LogP contribution in [0.4, 0.5) is 0 Å². The Morgan fingerprint density at radius 1 is 1.20 bits per heavy atom. The summed E-state index contributed by atoms with van der Waals surface area (Å²) in [6.45, 7) is 0.596.